The number of amides is 4. The molecule has 0 bridgehead atoms. The third-order valence-electron chi connectivity index (χ3n) is 11.8. The molecular weight excluding hydrogens is 850 g/mol. The number of hydrogen-bond acceptors (Lipinski definition) is 9. The number of thiophene rings is 1. The Labute approximate surface area is 380 Å². The Morgan fingerprint density at radius 1 is 0.797 bits per heavy atom. The molecule has 14 heteroatoms. The van der Waals surface area contributed by atoms with Gasteiger partial charge in [-0.15, -0.1) is 11.3 Å². The monoisotopic (exact) mass is 899 g/mol. The summed E-state index contributed by atoms with van der Waals surface area (Å²) in [5.41, 5.74) is 14.3. The summed E-state index contributed by atoms with van der Waals surface area (Å²) < 4.78 is 6.16. The van der Waals surface area contributed by atoms with Crippen LogP contribution in [0.1, 0.15) is 59.2 Å². The number of fused-ring (bicyclic) bond motifs is 4. The molecule has 1 heterocycles. The molecule has 7 rings (SSSR count). The molecule has 7 N–H and O–H groups in total. The van der Waals surface area contributed by atoms with Gasteiger partial charge in [-0.1, -0.05) is 115 Å². The van der Waals surface area contributed by atoms with Gasteiger partial charge in [0.2, 0.25) is 11.8 Å². The maximum Gasteiger partial charge on any atom is 0.417 e. The number of benzene rings is 5. The first-order valence-electron chi connectivity index (χ1n) is 21.2. The average molecular weight is 900 g/mol. The Balaban J connectivity index is 1.30. The van der Waals surface area contributed by atoms with Crippen molar-refractivity contribution in [1.82, 2.24) is 15.5 Å². The fourth-order valence-electron chi connectivity index (χ4n) is 8.41. The van der Waals surface area contributed by atoms with E-state index < -0.39 is 59.4 Å². The van der Waals surface area contributed by atoms with E-state index in [-0.39, 0.29) is 44.4 Å². The predicted octanol–water partition coefficient (Wildman–Crippen LogP) is 7.54. The molecule has 0 unspecified atom stereocenters. The van der Waals surface area contributed by atoms with Gasteiger partial charge in [0, 0.05) is 28.7 Å². The molecule has 330 valence electrons. The van der Waals surface area contributed by atoms with Gasteiger partial charge in [0.05, 0.1) is 6.04 Å². The second-order valence-electron chi connectivity index (χ2n) is 16.0. The summed E-state index contributed by atoms with van der Waals surface area (Å²) in [5.74, 6) is -4.31. The number of rotatable bonds is 18. The fourth-order valence-corrected chi connectivity index (χ4v) is 9.30. The summed E-state index contributed by atoms with van der Waals surface area (Å²) in [6, 6.07) is 34.4. The molecule has 0 fully saturated rings. The van der Waals surface area contributed by atoms with Crippen LogP contribution in [0.25, 0.3) is 21.9 Å². The number of carboxylic acids is 1. The Morgan fingerprint density at radius 2 is 1.45 bits per heavy atom. The molecule has 1 aliphatic rings. The first-order chi connectivity index (χ1) is 30.9. The van der Waals surface area contributed by atoms with E-state index >= 15 is 9.59 Å². The summed E-state index contributed by atoms with van der Waals surface area (Å²) in [6.07, 6.45) is -0.800. The van der Waals surface area contributed by atoms with Gasteiger partial charge in [-0.25, -0.2) is 14.5 Å². The number of nitrogens with one attached hydrogen (secondary N) is 2. The summed E-state index contributed by atoms with van der Waals surface area (Å²) in [6.45, 7) is 1.44. The molecule has 64 heavy (non-hydrogen) atoms. The smallest absolute Gasteiger partial charge is 0.417 e. The minimum absolute atomic E-state index is 0.148. The van der Waals surface area contributed by atoms with Crippen molar-refractivity contribution >= 4 is 63.5 Å². The topological polar surface area (TPSA) is 194 Å². The van der Waals surface area contributed by atoms with Crippen LogP contribution < -0.4 is 22.1 Å². The normalized spacial score (nSPS) is 14.3. The summed E-state index contributed by atoms with van der Waals surface area (Å²) >= 11 is 7.68. The van der Waals surface area contributed by atoms with Gasteiger partial charge in [-0.05, 0) is 107 Å². The van der Waals surface area contributed by atoms with Gasteiger partial charge < -0.3 is 31.9 Å². The zero-order valence-corrected chi connectivity index (χ0v) is 36.8. The molecule has 4 amide bonds. The van der Waals surface area contributed by atoms with Crippen molar-refractivity contribution in [2.45, 2.75) is 68.6 Å². The van der Waals surface area contributed by atoms with Crippen molar-refractivity contribution in [2.75, 3.05) is 13.2 Å². The number of unbranched alkanes of at least 4 members (excludes halogenated alkanes) is 1. The minimum Gasteiger partial charge on any atom is -0.479 e. The van der Waals surface area contributed by atoms with Crippen LogP contribution in [0.3, 0.4) is 0 Å². The van der Waals surface area contributed by atoms with Crippen molar-refractivity contribution in [1.29, 1.82) is 0 Å². The van der Waals surface area contributed by atoms with Gasteiger partial charge in [0.15, 0.2) is 5.54 Å². The van der Waals surface area contributed by atoms with E-state index in [2.05, 4.69) is 10.6 Å². The van der Waals surface area contributed by atoms with E-state index in [1.54, 1.807) is 42.5 Å². The molecule has 0 spiro atoms. The van der Waals surface area contributed by atoms with E-state index in [0.29, 0.717) is 27.3 Å². The number of halogens is 1. The SMILES string of the molecule is C[C@H](NC(=O)[C@@H](N)Cc1cccs1)C(=O)N[C@@H](Cc1ccc(Cl)cc1)C(=O)N(C(=O)OCC1c2ccccc2-c2ccccc21)[C@@](CCCCN)(C(=O)O)c1ccc2ccccc2c1. The van der Waals surface area contributed by atoms with Crippen LogP contribution in [-0.2, 0) is 42.3 Å². The highest BCUT2D eigenvalue weighted by molar-refractivity contribution is 7.09. The molecule has 0 aliphatic heterocycles. The summed E-state index contributed by atoms with van der Waals surface area (Å²) in [5, 5.41) is 20.8. The van der Waals surface area contributed by atoms with Gasteiger partial charge in [0.25, 0.3) is 5.91 Å². The first-order valence-corrected chi connectivity index (χ1v) is 22.4. The fraction of sp³-hybridized carbons (Fsp3) is 0.260. The number of aliphatic carboxylic acids is 1. The quantitative estimate of drug-likeness (QED) is 0.0542. The standard InChI is InChI=1S/C50H50ClN5O7S/c1-31(54-46(58)43(53)29-37-13-10-26-64-37)45(57)55-44(27-32-18-22-36(51)23-19-32)47(59)56(49(62)63-30-42-40-16-6-4-14-38(40)39-15-5-7-17-41(39)42)50(48(60)61,24-8-9-25-52)35-21-20-33-11-2-3-12-34(33)28-35/h2-7,10-23,26,28,31,42-44H,8-9,24-25,27,29-30,52-53H2,1H3,(H,54,58)(H,55,57)(H,60,61)/t31-,43-,44-,50+/m0/s1. The second-order valence-corrected chi connectivity index (χ2v) is 17.4. The highest BCUT2D eigenvalue weighted by Gasteiger charge is 2.54. The van der Waals surface area contributed by atoms with Crippen molar-refractivity contribution in [2.24, 2.45) is 11.5 Å². The number of carbonyl (C=O) groups excluding carboxylic acids is 4. The molecule has 1 aliphatic carbocycles. The van der Waals surface area contributed by atoms with E-state index in [4.69, 9.17) is 27.8 Å². The lowest BCUT2D eigenvalue weighted by molar-refractivity contribution is -0.160. The zero-order valence-electron chi connectivity index (χ0n) is 35.2. The number of carbonyl (C=O) groups is 5. The Hall–Kier alpha value is -6.38. The van der Waals surface area contributed by atoms with Crippen LogP contribution in [0.4, 0.5) is 4.79 Å². The highest BCUT2D eigenvalue weighted by Crippen LogP contribution is 2.45. The highest BCUT2D eigenvalue weighted by atomic mass is 35.5. The van der Waals surface area contributed by atoms with Gasteiger partial charge in [-0.3, -0.25) is 14.4 Å². The third kappa shape index (κ3) is 9.88. The Morgan fingerprint density at radius 3 is 2.09 bits per heavy atom. The Kier molecular flexibility index (Phi) is 14.6. The van der Waals surface area contributed by atoms with E-state index in [9.17, 15) is 19.5 Å². The maximum atomic E-state index is 15.6. The Bertz CT molecular complexity index is 2600. The molecule has 0 radical (unpaired) electrons. The number of imide groups is 1. The van der Waals surface area contributed by atoms with Crippen LogP contribution in [0.2, 0.25) is 5.02 Å². The van der Waals surface area contributed by atoms with E-state index in [0.717, 1.165) is 32.5 Å². The number of nitrogens with two attached hydrogens (primary N) is 2. The van der Waals surface area contributed by atoms with Crippen LogP contribution in [0.5, 0.6) is 0 Å². The molecule has 12 nitrogen and oxygen atoms in total. The molecule has 0 saturated heterocycles. The third-order valence-corrected chi connectivity index (χ3v) is 12.9. The average Bonchev–Trinajstić information content (AvgIpc) is 3.93. The molecule has 6 aromatic rings. The van der Waals surface area contributed by atoms with Gasteiger partial charge >= 0.3 is 12.1 Å². The summed E-state index contributed by atoms with van der Waals surface area (Å²) in [7, 11) is 0. The zero-order chi connectivity index (χ0) is 45.4. The minimum atomic E-state index is -2.35. The van der Waals surface area contributed by atoms with Crippen LogP contribution in [-0.4, -0.2) is 71.1 Å². The largest absolute Gasteiger partial charge is 0.479 e. The van der Waals surface area contributed by atoms with Crippen molar-refractivity contribution in [3.8, 4) is 11.1 Å². The molecule has 4 atom stereocenters. The van der Waals surface area contributed by atoms with Crippen molar-refractivity contribution in [3.63, 3.8) is 0 Å². The number of carboxylic acid groups (broad SMARTS) is 1. The predicted molar refractivity (Wildman–Crippen MR) is 249 cm³/mol. The molecular formula is C50H50ClN5O7S. The lowest BCUT2D eigenvalue weighted by Crippen LogP contribution is -2.63. The van der Waals surface area contributed by atoms with E-state index in [1.807, 2.05) is 90.3 Å². The lowest BCUT2D eigenvalue weighted by atomic mass is 9.81. The molecule has 5 aromatic carbocycles. The molecule has 0 saturated carbocycles. The lowest BCUT2D eigenvalue weighted by Gasteiger charge is -2.41. The number of hydrogen-bond donors (Lipinski definition) is 5. The number of ether oxygens (including phenoxy) is 1. The van der Waals surface area contributed by atoms with Gasteiger partial charge in [0.1, 0.15) is 18.7 Å². The second kappa shape index (κ2) is 20.4. The van der Waals surface area contributed by atoms with E-state index in [1.165, 1.54) is 18.3 Å². The number of nitrogens with zero attached hydrogens (tertiary/aromatic N) is 1. The first kappa shape index (κ1) is 45.6. The van der Waals surface area contributed by atoms with Crippen molar-refractivity contribution in [3.05, 3.63) is 165 Å². The van der Waals surface area contributed by atoms with Crippen molar-refractivity contribution < 1.29 is 33.8 Å². The van der Waals surface area contributed by atoms with Crippen LogP contribution >= 0.6 is 22.9 Å². The molecule has 1 aromatic heterocycles. The van der Waals surface area contributed by atoms with Gasteiger partial charge in [-0.2, -0.15) is 0 Å². The summed E-state index contributed by atoms with van der Waals surface area (Å²) in [4.78, 5) is 73.9. The van der Waals surface area contributed by atoms with Crippen LogP contribution in [0, 0.1) is 0 Å². The maximum absolute atomic E-state index is 15.6. The van der Waals surface area contributed by atoms with Crippen LogP contribution in [0.15, 0.2) is 133 Å².